The van der Waals surface area contributed by atoms with Gasteiger partial charge in [-0.3, -0.25) is 9.69 Å². The van der Waals surface area contributed by atoms with E-state index in [-0.39, 0.29) is 12.0 Å². The number of aliphatic carboxylic acids is 1. The minimum absolute atomic E-state index is 0.0694. The van der Waals surface area contributed by atoms with Gasteiger partial charge in [-0.15, -0.1) is 0 Å². The van der Waals surface area contributed by atoms with Crippen LogP contribution in [0.2, 0.25) is 0 Å². The van der Waals surface area contributed by atoms with Crippen molar-refractivity contribution in [2.45, 2.75) is 31.8 Å². The van der Waals surface area contributed by atoms with Gasteiger partial charge in [0.15, 0.2) is 0 Å². The number of hydrogen-bond donors (Lipinski definition) is 1. The molecule has 15 heavy (non-hydrogen) atoms. The molecule has 0 aromatic heterocycles. The summed E-state index contributed by atoms with van der Waals surface area (Å²) in [5.74, 6) is -0.273. The van der Waals surface area contributed by atoms with Gasteiger partial charge in [-0.2, -0.15) is 0 Å². The highest BCUT2D eigenvalue weighted by atomic mass is 16.5. The highest BCUT2D eigenvalue weighted by molar-refractivity contribution is 5.71. The summed E-state index contributed by atoms with van der Waals surface area (Å²) in [4.78, 5) is 13.2. The van der Waals surface area contributed by atoms with Crippen LogP contribution in [-0.2, 0) is 9.53 Å². The van der Waals surface area contributed by atoms with E-state index in [9.17, 15) is 4.79 Å². The molecule has 2 rings (SSSR count). The Morgan fingerprint density at radius 1 is 1.40 bits per heavy atom. The van der Waals surface area contributed by atoms with Gasteiger partial charge in [-0.05, 0) is 25.8 Å². The largest absolute Gasteiger partial charge is 0.481 e. The molecule has 2 atom stereocenters. The number of nitrogens with zero attached hydrogens (tertiary/aromatic N) is 1. The molecule has 2 unspecified atom stereocenters. The third kappa shape index (κ3) is 2.01. The van der Waals surface area contributed by atoms with Gasteiger partial charge in [0.25, 0.3) is 0 Å². The highest BCUT2D eigenvalue weighted by Crippen LogP contribution is 2.33. The van der Waals surface area contributed by atoms with Gasteiger partial charge in [-0.1, -0.05) is 6.92 Å². The molecule has 0 radical (unpaired) electrons. The molecule has 86 valence electrons. The van der Waals surface area contributed by atoms with Gasteiger partial charge < -0.3 is 9.84 Å². The highest BCUT2D eigenvalue weighted by Gasteiger charge is 2.41. The second kappa shape index (κ2) is 4.10. The quantitative estimate of drug-likeness (QED) is 0.754. The summed E-state index contributed by atoms with van der Waals surface area (Å²) in [6, 6.07) is 0.633. The number of carboxylic acid groups (broad SMARTS) is 1. The SMILES string of the molecule is CC1CC(N(C)C2COCC2C(=O)O)C1. The van der Waals surface area contributed by atoms with E-state index in [4.69, 9.17) is 9.84 Å². The summed E-state index contributed by atoms with van der Waals surface area (Å²) in [5, 5.41) is 9.05. The Bertz CT molecular complexity index is 250. The maximum atomic E-state index is 11.0. The zero-order valence-corrected chi connectivity index (χ0v) is 9.35. The predicted octanol–water partition coefficient (Wildman–Crippen LogP) is 0.816. The standard InChI is InChI=1S/C11H19NO3/c1-7-3-8(4-7)12(2)10-6-15-5-9(10)11(13)14/h7-10H,3-6H2,1-2H3,(H,13,14). The first kappa shape index (κ1) is 10.9. The Balaban J connectivity index is 1.94. The molecule has 1 saturated carbocycles. The zero-order valence-electron chi connectivity index (χ0n) is 9.35. The van der Waals surface area contributed by atoms with E-state index in [0.717, 1.165) is 5.92 Å². The van der Waals surface area contributed by atoms with Crippen LogP contribution in [0.3, 0.4) is 0 Å². The molecule has 1 aliphatic carbocycles. The van der Waals surface area contributed by atoms with Crippen molar-refractivity contribution in [3.8, 4) is 0 Å². The molecular formula is C11H19NO3. The van der Waals surface area contributed by atoms with Crippen molar-refractivity contribution < 1.29 is 14.6 Å². The number of likely N-dealkylation sites (N-methyl/N-ethyl adjacent to an activating group) is 1. The molecule has 4 heteroatoms. The van der Waals surface area contributed by atoms with Gasteiger partial charge in [0, 0.05) is 12.1 Å². The molecule has 0 aromatic rings. The molecule has 1 N–H and O–H groups in total. The lowest BCUT2D eigenvalue weighted by molar-refractivity contribution is -0.143. The van der Waals surface area contributed by atoms with Crippen LogP contribution >= 0.6 is 0 Å². The fourth-order valence-corrected chi connectivity index (χ4v) is 2.64. The fraction of sp³-hybridized carbons (Fsp3) is 0.909. The molecule has 1 aliphatic heterocycles. The Kier molecular flexibility index (Phi) is 2.98. The first-order valence-corrected chi connectivity index (χ1v) is 5.62. The van der Waals surface area contributed by atoms with Gasteiger partial charge in [-0.25, -0.2) is 0 Å². The Labute approximate surface area is 90.2 Å². The summed E-state index contributed by atoms with van der Waals surface area (Å²) in [5.41, 5.74) is 0. The molecule has 0 spiro atoms. The summed E-state index contributed by atoms with van der Waals surface area (Å²) in [6.45, 7) is 3.18. The Morgan fingerprint density at radius 2 is 2.07 bits per heavy atom. The number of hydrogen-bond acceptors (Lipinski definition) is 3. The van der Waals surface area contributed by atoms with Crippen LogP contribution < -0.4 is 0 Å². The lowest BCUT2D eigenvalue weighted by atomic mass is 9.80. The lowest BCUT2D eigenvalue weighted by Gasteiger charge is -2.43. The maximum absolute atomic E-state index is 11.0. The number of carboxylic acids is 1. The van der Waals surface area contributed by atoms with Crippen molar-refractivity contribution in [1.82, 2.24) is 4.90 Å². The Hall–Kier alpha value is -0.610. The molecule has 1 saturated heterocycles. The van der Waals surface area contributed by atoms with Crippen LogP contribution in [0.4, 0.5) is 0 Å². The average molecular weight is 213 g/mol. The first-order valence-electron chi connectivity index (χ1n) is 5.62. The van der Waals surface area contributed by atoms with E-state index in [2.05, 4.69) is 11.8 Å². The summed E-state index contributed by atoms with van der Waals surface area (Å²) in [7, 11) is 2.03. The van der Waals surface area contributed by atoms with Crippen LogP contribution in [0.1, 0.15) is 19.8 Å². The normalized spacial score (nSPS) is 40.5. The topological polar surface area (TPSA) is 49.8 Å². The van der Waals surface area contributed by atoms with E-state index >= 15 is 0 Å². The van der Waals surface area contributed by atoms with E-state index < -0.39 is 5.97 Å². The van der Waals surface area contributed by atoms with Crippen molar-refractivity contribution in [2.75, 3.05) is 20.3 Å². The van der Waals surface area contributed by atoms with Gasteiger partial charge in [0.05, 0.1) is 19.1 Å². The lowest BCUT2D eigenvalue weighted by Crippen LogP contribution is -2.50. The number of rotatable bonds is 3. The summed E-state index contributed by atoms with van der Waals surface area (Å²) >= 11 is 0. The molecule has 0 amide bonds. The third-order valence-electron chi connectivity index (χ3n) is 3.82. The molecule has 0 aromatic carbocycles. The molecule has 2 fully saturated rings. The number of ether oxygens (including phenoxy) is 1. The van der Waals surface area contributed by atoms with Crippen molar-refractivity contribution in [3.63, 3.8) is 0 Å². The minimum Gasteiger partial charge on any atom is -0.481 e. The maximum Gasteiger partial charge on any atom is 0.310 e. The second-order valence-electron chi connectivity index (χ2n) is 4.95. The van der Waals surface area contributed by atoms with Gasteiger partial charge in [0.2, 0.25) is 0 Å². The average Bonchev–Trinajstić information content (AvgIpc) is 2.60. The van der Waals surface area contributed by atoms with E-state index in [1.165, 1.54) is 12.8 Å². The third-order valence-corrected chi connectivity index (χ3v) is 3.82. The van der Waals surface area contributed by atoms with Crippen LogP contribution in [-0.4, -0.2) is 48.3 Å². The van der Waals surface area contributed by atoms with Crippen molar-refractivity contribution in [2.24, 2.45) is 11.8 Å². The number of carbonyl (C=O) groups is 1. The van der Waals surface area contributed by atoms with E-state index in [0.29, 0.717) is 19.3 Å². The van der Waals surface area contributed by atoms with E-state index in [1.807, 2.05) is 7.05 Å². The van der Waals surface area contributed by atoms with Crippen LogP contribution in [0.15, 0.2) is 0 Å². The van der Waals surface area contributed by atoms with Crippen LogP contribution in [0.25, 0.3) is 0 Å². The molecule has 4 nitrogen and oxygen atoms in total. The van der Waals surface area contributed by atoms with Crippen molar-refractivity contribution in [1.29, 1.82) is 0 Å². The van der Waals surface area contributed by atoms with Crippen LogP contribution in [0.5, 0.6) is 0 Å². The molecule has 1 heterocycles. The summed E-state index contributed by atoms with van der Waals surface area (Å²) in [6.07, 6.45) is 2.39. The van der Waals surface area contributed by atoms with Crippen molar-refractivity contribution in [3.05, 3.63) is 0 Å². The minimum atomic E-state index is -0.725. The van der Waals surface area contributed by atoms with Gasteiger partial charge in [0.1, 0.15) is 0 Å². The first-order chi connectivity index (χ1) is 7.09. The monoisotopic (exact) mass is 213 g/mol. The van der Waals surface area contributed by atoms with Gasteiger partial charge >= 0.3 is 5.97 Å². The smallest absolute Gasteiger partial charge is 0.310 e. The molecular weight excluding hydrogens is 194 g/mol. The molecule has 0 bridgehead atoms. The summed E-state index contributed by atoms with van der Waals surface area (Å²) < 4.78 is 5.28. The predicted molar refractivity (Wildman–Crippen MR) is 55.7 cm³/mol. The zero-order chi connectivity index (χ0) is 11.0. The van der Waals surface area contributed by atoms with Crippen LogP contribution in [0, 0.1) is 11.8 Å². The second-order valence-corrected chi connectivity index (χ2v) is 4.95. The van der Waals surface area contributed by atoms with Crippen molar-refractivity contribution >= 4 is 5.97 Å². The molecule has 2 aliphatic rings. The Morgan fingerprint density at radius 3 is 2.60 bits per heavy atom. The fourth-order valence-electron chi connectivity index (χ4n) is 2.64. The van der Waals surface area contributed by atoms with E-state index in [1.54, 1.807) is 0 Å².